The summed E-state index contributed by atoms with van der Waals surface area (Å²) >= 11 is 1.11. The number of benzene rings is 2. The van der Waals surface area contributed by atoms with E-state index in [-0.39, 0.29) is 23.5 Å². The van der Waals surface area contributed by atoms with Gasteiger partial charge in [0, 0.05) is 23.2 Å². The molecule has 2 heterocycles. The van der Waals surface area contributed by atoms with Crippen LogP contribution in [0, 0.1) is 15.9 Å². The Balaban J connectivity index is 1.44. The van der Waals surface area contributed by atoms with Crippen molar-refractivity contribution >= 4 is 55.9 Å². The van der Waals surface area contributed by atoms with Gasteiger partial charge >= 0.3 is 11.7 Å². The summed E-state index contributed by atoms with van der Waals surface area (Å²) < 4.78 is 45.8. The molecule has 1 unspecified atom stereocenters. The first kappa shape index (κ1) is 22.7. The van der Waals surface area contributed by atoms with Crippen molar-refractivity contribution in [2.45, 2.75) is 17.9 Å². The SMILES string of the molecule is CC(OC(=O)c1ccc2c(c1)SC1=NS(=O)(=O)CCN12)C(=O)Nc1ccc(F)c([N+](=O)[O-])c1. The van der Waals surface area contributed by atoms with Gasteiger partial charge in [-0.3, -0.25) is 14.9 Å². The number of hydrogen-bond acceptors (Lipinski definition) is 9. The second-order valence-corrected chi connectivity index (χ2v) is 9.82. The van der Waals surface area contributed by atoms with E-state index in [2.05, 4.69) is 9.71 Å². The number of carbonyl (C=O) groups is 2. The van der Waals surface area contributed by atoms with Crippen molar-refractivity contribution < 1.29 is 32.1 Å². The van der Waals surface area contributed by atoms with E-state index in [0.717, 1.165) is 30.0 Å². The lowest BCUT2D eigenvalue weighted by atomic mass is 10.2. The number of nitro groups is 1. The molecule has 0 saturated carbocycles. The van der Waals surface area contributed by atoms with E-state index in [1.165, 1.54) is 19.1 Å². The van der Waals surface area contributed by atoms with Gasteiger partial charge in [-0.05, 0) is 49.0 Å². The number of nitrogens with one attached hydrogen (secondary N) is 1. The number of amides is 1. The number of nitro benzene ring substituents is 1. The average Bonchev–Trinajstić information content (AvgIpc) is 3.09. The molecule has 1 atom stereocenters. The molecule has 0 radical (unpaired) electrons. The molecule has 0 saturated heterocycles. The van der Waals surface area contributed by atoms with E-state index < -0.39 is 44.4 Å². The van der Waals surface area contributed by atoms with Crippen LogP contribution in [0.15, 0.2) is 45.7 Å². The molecule has 2 aliphatic rings. The lowest BCUT2D eigenvalue weighted by Crippen LogP contribution is -2.35. The number of amidine groups is 1. The first-order valence-corrected chi connectivity index (χ1v) is 11.8. The van der Waals surface area contributed by atoms with E-state index in [9.17, 15) is 32.5 Å². The molecule has 4 rings (SSSR count). The molecule has 14 heteroatoms. The molecule has 2 aliphatic heterocycles. The molecular formula is C19H15FN4O7S2. The number of sulfonamides is 1. The minimum atomic E-state index is -3.51. The van der Waals surface area contributed by atoms with Crippen molar-refractivity contribution in [2.24, 2.45) is 4.40 Å². The number of thioether (sulfide) groups is 1. The van der Waals surface area contributed by atoms with Crippen molar-refractivity contribution in [1.29, 1.82) is 0 Å². The van der Waals surface area contributed by atoms with Crippen LogP contribution in [0.3, 0.4) is 0 Å². The number of halogens is 1. The maximum atomic E-state index is 13.4. The molecule has 33 heavy (non-hydrogen) atoms. The molecule has 2 aromatic carbocycles. The fourth-order valence-electron chi connectivity index (χ4n) is 3.11. The number of hydrogen-bond donors (Lipinski definition) is 1. The maximum absolute atomic E-state index is 13.4. The Morgan fingerprint density at radius 1 is 1.30 bits per heavy atom. The smallest absolute Gasteiger partial charge is 0.338 e. The summed E-state index contributed by atoms with van der Waals surface area (Å²) in [6.07, 6.45) is -1.26. The topological polar surface area (TPSA) is 148 Å². The van der Waals surface area contributed by atoms with Gasteiger partial charge in [0.05, 0.1) is 21.9 Å². The van der Waals surface area contributed by atoms with Gasteiger partial charge in [0.2, 0.25) is 5.82 Å². The van der Waals surface area contributed by atoms with Crippen LogP contribution in [0.5, 0.6) is 0 Å². The third-order valence-electron chi connectivity index (χ3n) is 4.77. The highest BCUT2D eigenvalue weighted by molar-refractivity contribution is 8.15. The number of ether oxygens (including phenoxy) is 1. The lowest BCUT2D eigenvalue weighted by Gasteiger charge is -2.22. The fraction of sp³-hybridized carbons (Fsp3) is 0.211. The van der Waals surface area contributed by atoms with Crippen molar-refractivity contribution in [2.75, 3.05) is 22.5 Å². The normalized spacial score (nSPS) is 16.8. The molecule has 2 aromatic rings. The van der Waals surface area contributed by atoms with Gasteiger partial charge < -0.3 is 15.0 Å². The van der Waals surface area contributed by atoms with Crippen LogP contribution in [0.2, 0.25) is 0 Å². The molecule has 0 aliphatic carbocycles. The highest BCUT2D eigenvalue weighted by Gasteiger charge is 2.33. The number of esters is 1. The molecular weight excluding hydrogens is 479 g/mol. The van der Waals surface area contributed by atoms with Crippen molar-refractivity contribution in [1.82, 2.24) is 0 Å². The van der Waals surface area contributed by atoms with E-state index in [1.54, 1.807) is 11.0 Å². The molecule has 172 valence electrons. The third kappa shape index (κ3) is 4.66. The molecule has 0 bridgehead atoms. The second-order valence-electron chi connectivity index (χ2n) is 7.06. The van der Waals surface area contributed by atoms with Gasteiger partial charge in [-0.2, -0.15) is 4.39 Å². The van der Waals surface area contributed by atoms with E-state index in [1.807, 2.05) is 0 Å². The minimum Gasteiger partial charge on any atom is -0.449 e. The fourth-order valence-corrected chi connectivity index (χ4v) is 5.41. The summed E-state index contributed by atoms with van der Waals surface area (Å²) in [4.78, 5) is 37.1. The Labute approximate surface area is 190 Å². The maximum Gasteiger partial charge on any atom is 0.338 e. The minimum absolute atomic E-state index is 0.0303. The largest absolute Gasteiger partial charge is 0.449 e. The highest BCUT2D eigenvalue weighted by atomic mass is 32.2. The molecule has 1 N–H and O–H groups in total. The zero-order valence-corrected chi connectivity index (χ0v) is 18.5. The van der Waals surface area contributed by atoms with E-state index in [0.29, 0.717) is 15.8 Å². The van der Waals surface area contributed by atoms with Crippen LogP contribution in [0.4, 0.5) is 21.5 Å². The molecule has 0 aromatic heterocycles. The molecule has 0 spiro atoms. The van der Waals surface area contributed by atoms with Crippen molar-refractivity contribution in [3.8, 4) is 0 Å². The quantitative estimate of drug-likeness (QED) is 0.376. The monoisotopic (exact) mass is 494 g/mol. The van der Waals surface area contributed by atoms with Gasteiger partial charge in [-0.15, -0.1) is 4.40 Å². The summed E-state index contributed by atoms with van der Waals surface area (Å²) in [6, 6.07) is 7.49. The summed E-state index contributed by atoms with van der Waals surface area (Å²) in [5.74, 6) is -2.72. The van der Waals surface area contributed by atoms with Crippen LogP contribution >= 0.6 is 11.8 Å². The van der Waals surface area contributed by atoms with Crippen LogP contribution in [0.1, 0.15) is 17.3 Å². The standard InChI is InChI=1S/C19H15FN4O7S2/c1-10(17(25)21-12-3-4-13(20)15(9-12)24(27)28)31-18(26)11-2-5-14-16(8-11)32-19-22-33(29,30)7-6-23(14)19/h2-5,8-10H,6-7H2,1H3,(H,21,25). The Morgan fingerprint density at radius 2 is 2.06 bits per heavy atom. The van der Waals surface area contributed by atoms with Gasteiger partial charge in [0.25, 0.3) is 15.9 Å². The molecule has 11 nitrogen and oxygen atoms in total. The first-order valence-electron chi connectivity index (χ1n) is 9.42. The Bertz CT molecular complexity index is 1330. The van der Waals surface area contributed by atoms with E-state index in [4.69, 9.17) is 4.74 Å². The van der Waals surface area contributed by atoms with Crippen LogP contribution < -0.4 is 10.2 Å². The summed E-state index contributed by atoms with van der Waals surface area (Å²) in [6.45, 7) is 1.57. The summed E-state index contributed by atoms with van der Waals surface area (Å²) in [7, 11) is -3.51. The zero-order valence-electron chi connectivity index (χ0n) is 16.8. The van der Waals surface area contributed by atoms with Crippen molar-refractivity contribution in [3.05, 3.63) is 57.9 Å². The van der Waals surface area contributed by atoms with Crippen LogP contribution in [-0.4, -0.2) is 48.8 Å². The molecule has 1 amide bonds. The number of nitrogens with zero attached hydrogens (tertiary/aromatic N) is 3. The van der Waals surface area contributed by atoms with Gasteiger partial charge in [-0.25, -0.2) is 13.2 Å². The van der Waals surface area contributed by atoms with Gasteiger partial charge in [-0.1, -0.05) is 0 Å². The van der Waals surface area contributed by atoms with Crippen LogP contribution in [0.25, 0.3) is 0 Å². The number of fused-ring (bicyclic) bond motifs is 3. The van der Waals surface area contributed by atoms with Crippen LogP contribution in [-0.2, 0) is 19.6 Å². The number of carbonyl (C=O) groups excluding carboxylic acids is 2. The predicted octanol–water partition coefficient (Wildman–Crippen LogP) is 2.53. The number of rotatable bonds is 5. The first-order chi connectivity index (χ1) is 15.5. The lowest BCUT2D eigenvalue weighted by molar-refractivity contribution is -0.387. The third-order valence-corrected chi connectivity index (χ3v) is 7.08. The zero-order chi connectivity index (χ0) is 23.9. The highest BCUT2D eigenvalue weighted by Crippen LogP contribution is 2.42. The predicted molar refractivity (Wildman–Crippen MR) is 117 cm³/mol. The number of anilines is 2. The Morgan fingerprint density at radius 3 is 2.79 bits per heavy atom. The van der Waals surface area contributed by atoms with Gasteiger partial charge in [0.15, 0.2) is 11.3 Å². The Kier molecular flexibility index (Phi) is 5.80. The van der Waals surface area contributed by atoms with Crippen molar-refractivity contribution in [3.63, 3.8) is 0 Å². The summed E-state index contributed by atoms with van der Waals surface area (Å²) in [5, 5.41) is 13.5. The summed E-state index contributed by atoms with van der Waals surface area (Å²) in [5.41, 5.74) is 0.0228. The average molecular weight is 494 g/mol. The van der Waals surface area contributed by atoms with E-state index >= 15 is 0 Å². The second kappa shape index (κ2) is 8.44. The molecule has 0 fully saturated rings. The Hall–Kier alpha value is -3.52. The van der Waals surface area contributed by atoms with Gasteiger partial charge in [0.1, 0.15) is 0 Å².